The Hall–Kier alpha value is 0.340. The van der Waals surface area contributed by atoms with Gasteiger partial charge in [-0.2, -0.15) is 0 Å². The van der Waals surface area contributed by atoms with Gasteiger partial charge in [0.25, 0.3) is 5.97 Å². The van der Waals surface area contributed by atoms with Crippen molar-refractivity contribution in [3.8, 4) is 0 Å². The number of carboxylic acid groups (broad SMARTS) is 1. The highest BCUT2D eigenvalue weighted by Crippen LogP contribution is 2.28. The Morgan fingerprint density at radius 3 is 1.60 bits per heavy atom. The van der Waals surface area contributed by atoms with Crippen molar-refractivity contribution in [1.29, 1.82) is 0 Å². The number of carbonyl (C=O) groups is 1. The van der Waals surface area contributed by atoms with Gasteiger partial charge in [-0.15, -0.1) is 0 Å². The minimum Gasteiger partial charge on any atom is -0.481 e. The van der Waals surface area contributed by atoms with E-state index in [1.54, 1.807) is 0 Å². The van der Waals surface area contributed by atoms with Crippen molar-refractivity contribution < 1.29 is 9.90 Å². The predicted molar refractivity (Wildman–Crippen MR) is 43.9 cm³/mol. The molecule has 0 aliphatic heterocycles. The van der Waals surface area contributed by atoms with Gasteiger partial charge in [0, 0.05) is 6.92 Å². The Morgan fingerprint density at radius 1 is 1.50 bits per heavy atom. The predicted octanol–water partition coefficient (Wildman–Crippen LogP) is 2.86. The van der Waals surface area contributed by atoms with Gasteiger partial charge in [-0.25, -0.2) is 0 Å². The van der Waals surface area contributed by atoms with Crippen LogP contribution in [-0.4, -0.2) is 14.9 Å². The lowest BCUT2D eigenvalue weighted by Gasteiger charge is -2.02. The average molecular weight is 207 g/mol. The molecule has 2 nitrogen and oxygen atoms in total. The van der Waals surface area contributed by atoms with Crippen LogP contribution in [0.1, 0.15) is 20.3 Å². The third-order valence-electron chi connectivity index (χ3n) is 0.401. The Kier molecular flexibility index (Phi) is 7.88. The summed E-state index contributed by atoms with van der Waals surface area (Å²) in [4.78, 5) is 9.00. The second-order valence-corrected chi connectivity index (χ2v) is 4.00. The molecular weight excluding hydrogens is 198 g/mol. The number of carboxylic acids is 1. The molecule has 0 saturated carbocycles. The summed E-state index contributed by atoms with van der Waals surface area (Å²) in [5, 5.41) is 7.42. The van der Waals surface area contributed by atoms with E-state index < -0.39 is 9.76 Å². The van der Waals surface area contributed by atoms with Crippen LogP contribution in [0.15, 0.2) is 0 Å². The summed E-state index contributed by atoms with van der Waals surface area (Å²) >= 11 is 15.7. The van der Waals surface area contributed by atoms with Gasteiger partial charge in [0.2, 0.25) is 0 Å². The van der Waals surface area contributed by atoms with E-state index in [9.17, 15) is 0 Å². The number of hydrogen-bond donors (Lipinski definition) is 1. The van der Waals surface area contributed by atoms with Crippen LogP contribution in [0.2, 0.25) is 0 Å². The summed E-state index contributed by atoms with van der Waals surface area (Å²) in [7, 11) is 0. The van der Waals surface area contributed by atoms with E-state index in [1.165, 1.54) is 0 Å². The molecule has 0 rings (SSSR count). The van der Waals surface area contributed by atoms with E-state index >= 15 is 0 Å². The minimum absolute atomic E-state index is 0.567. The van der Waals surface area contributed by atoms with Crippen LogP contribution in [-0.2, 0) is 4.79 Å². The summed E-state index contributed by atoms with van der Waals surface area (Å²) in [5.41, 5.74) is 0. The summed E-state index contributed by atoms with van der Waals surface area (Å²) in [5.74, 6) is -0.833. The van der Waals surface area contributed by atoms with E-state index in [4.69, 9.17) is 44.7 Å². The molecule has 0 fully saturated rings. The Balaban J connectivity index is 0. The number of halogens is 3. The van der Waals surface area contributed by atoms with Gasteiger partial charge in [-0.05, 0) is 6.42 Å². The lowest BCUT2D eigenvalue weighted by molar-refractivity contribution is -0.134. The van der Waals surface area contributed by atoms with Gasteiger partial charge < -0.3 is 5.11 Å². The molecule has 0 aromatic rings. The Bertz CT molecular complexity index is 93.6. The minimum atomic E-state index is -1.04. The molecule has 0 aliphatic carbocycles. The first kappa shape index (κ1) is 13.0. The van der Waals surface area contributed by atoms with E-state index in [1.807, 2.05) is 6.92 Å². The molecule has 0 amide bonds. The van der Waals surface area contributed by atoms with Crippen LogP contribution in [0.5, 0.6) is 0 Å². The molecule has 62 valence electrons. The normalized spacial score (nSPS) is 9.70. The molecule has 0 bridgehead atoms. The van der Waals surface area contributed by atoms with Gasteiger partial charge in [0.15, 0.2) is 3.79 Å². The molecule has 5 heteroatoms. The zero-order valence-electron chi connectivity index (χ0n) is 5.70. The topological polar surface area (TPSA) is 37.3 Å². The van der Waals surface area contributed by atoms with Gasteiger partial charge in [-0.3, -0.25) is 4.79 Å². The van der Waals surface area contributed by atoms with Crippen LogP contribution in [0, 0.1) is 0 Å². The molecule has 0 spiro atoms. The number of alkyl halides is 3. The quantitative estimate of drug-likeness (QED) is 0.620. The van der Waals surface area contributed by atoms with Crippen molar-refractivity contribution in [2.45, 2.75) is 24.1 Å². The van der Waals surface area contributed by atoms with E-state index in [2.05, 4.69) is 0 Å². The Morgan fingerprint density at radius 2 is 1.60 bits per heavy atom. The molecule has 1 N–H and O–H groups in total. The SMILES string of the molecule is CC(=O)O.CCC(Cl)(Cl)Cl. The largest absolute Gasteiger partial charge is 0.481 e. The lowest BCUT2D eigenvalue weighted by Crippen LogP contribution is -1.95. The van der Waals surface area contributed by atoms with Gasteiger partial charge in [0.05, 0.1) is 0 Å². The van der Waals surface area contributed by atoms with Crippen LogP contribution >= 0.6 is 34.8 Å². The van der Waals surface area contributed by atoms with Crippen LogP contribution in [0.25, 0.3) is 0 Å². The van der Waals surface area contributed by atoms with Crippen molar-refractivity contribution in [2.24, 2.45) is 0 Å². The molecule has 10 heavy (non-hydrogen) atoms. The second-order valence-electron chi connectivity index (χ2n) is 1.49. The third-order valence-corrected chi connectivity index (χ3v) is 1.20. The molecule has 0 aliphatic rings. The number of hydrogen-bond acceptors (Lipinski definition) is 1. The van der Waals surface area contributed by atoms with E-state index in [-0.39, 0.29) is 0 Å². The van der Waals surface area contributed by atoms with E-state index in [0.29, 0.717) is 6.42 Å². The first-order valence-corrected chi connectivity index (χ1v) is 3.69. The number of aliphatic carboxylic acids is 1. The monoisotopic (exact) mass is 206 g/mol. The molecule has 0 unspecified atom stereocenters. The highest BCUT2D eigenvalue weighted by Gasteiger charge is 2.14. The van der Waals surface area contributed by atoms with Crippen LogP contribution in [0.4, 0.5) is 0 Å². The maximum Gasteiger partial charge on any atom is 0.300 e. The second kappa shape index (κ2) is 6.08. The molecular formula is C5H9Cl3O2. The van der Waals surface area contributed by atoms with Crippen LogP contribution < -0.4 is 0 Å². The molecule has 0 saturated heterocycles. The average Bonchev–Trinajstić information content (AvgIpc) is 1.63. The van der Waals surface area contributed by atoms with Crippen molar-refractivity contribution in [1.82, 2.24) is 0 Å². The molecule has 0 aromatic carbocycles. The zero-order chi connectivity index (χ0) is 8.78. The first-order chi connectivity index (χ1) is 4.29. The smallest absolute Gasteiger partial charge is 0.300 e. The number of rotatable bonds is 0. The molecule has 0 atom stereocenters. The fraction of sp³-hybridized carbons (Fsp3) is 0.800. The Labute approximate surface area is 75.1 Å². The maximum absolute atomic E-state index is 9.00. The van der Waals surface area contributed by atoms with Crippen molar-refractivity contribution >= 4 is 40.8 Å². The molecule has 0 radical (unpaired) electrons. The van der Waals surface area contributed by atoms with Crippen molar-refractivity contribution in [3.63, 3.8) is 0 Å². The summed E-state index contributed by atoms with van der Waals surface area (Å²) in [6.45, 7) is 2.90. The van der Waals surface area contributed by atoms with Crippen molar-refractivity contribution in [2.75, 3.05) is 0 Å². The van der Waals surface area contributed by atoms with Crippen LogP contribution in [0.3, 0.4) is 0 Å². The maximum atomic E-state index is 9.00. The summed E-state index contributed by atoms with van der Waals surface area (Å²) < 4.78 is -1.04. The highest BCUT2D eigenvalue weighted by atomic mass is 35.6. The van der Waals surface area contributed by atoms with E-state index in [0.717, 1.165) is 6.92 Å². The van der Waals surface area contributed by atoms with Gasteiger partial charge >= 0.3 is 0 Å². The van der Waals surface area contributed by atoms with Gasteiger partial charge in [-0.1, -0.05) is 41.7 Å². The lowest BCUT2D eigenvalue weighted by atomic mass is 10.6. The summed E-state index contributed by atoms with van der Waals surface area (Å²) in [6, 6.07) is 0. The fourth-order valence-corrected chi connectivity index (χ4v) is 0. The first-order valence-electron chi connectivity index (χ1n) is 2.56. The van der Waals surface area contributed by atoms with Crippen molar-refractivity contribution in [3.05, 3.63) is 0 Å². The zero-order valence-corrected chi connectivity index (χ0v) is 7.96. The van der Waals surface area contributed by atoms with Gasteiger partial charge in [0.1, 0.15) is 0 Å². The standard InChI is InChI=1S/C3H5Cl3.C2H4O2/c1-2-3(4,5)6;1-2(3)4/h2H2,1H3;1H3,(H,3,4). The molecule has 0 heterocycles. The highest BCUT2D eigenvalue weighted by molar-refractivity contribution is 6.67. The third kappa shape index (κ3) is 40.3. The fourth-order valence-electron chi connectivity index (χ4n) is 0. The summed E-state index contributed by atoms with van der Waals surface area (Å²) in [6.07, 6.45) is 0.567. The molecule has 0 aromatic heterocycles.